The van der Waals surface area contributed by atoms with Gasteiger partial charge in [0.15, 0.2) is 0 Å². The fraction of sp³-hybridized carbons (Fsp3) is 0.133. The number of fused-ring (bicyclic) bond motifs is 1. The average molecular weight is 267 g/mol. The van der Waals surface area contributed by atoms with E-state index >= 15 is 0 Å². The molecule has 5 heteroatoms. The summed E-state index contributed by atoms with van der Waals surface area (Å²) in [7, 11) is 0. The summed E-state index contributed by atoms with van der Waals surface area (Å²) in [6, 6.07) is 9.84. The SMILES string of the molecule is Cc1nc2ncc(-c3ccccc3)cn2c1CC(=O)O. The average Bonchev–Trinajstić information content (AvgIpc) is 2.75. The van der Waals surface area contributed by atoms with Crippen LogP contribution in [0.3, 0.4) is 0 Å². The molecule has 0 saturated carbocycles. The van der Waals surface area contributed by atoms with Gasteiger partial charge in [0, 0.05) is 18.0 Å². The zero-order chi connectivity index (χ0) is 14.1. The lowest BCUT2D eigenvalue weighted by Gasteiger charge is -2.04. The van der Waals surface area contributed by atoms with Crippen molar-refractivity contribution >= 4 is 11.7 Å². The van der Waals surface area contributed by atoms with E-state index in [4.69, 9.17) is 5.11 Å². The van der Waals surface area contributed by atoms with E-state index in [1.54, 1.807) is 17.5 Å². The highest BCUT2D eigenvalue weighted by Crippen LogP contribution is 2.20. The van der Waals surface area contributed by atoms with Gasteiger partial charge in [0.2, 0.25) is 5.78 Å². The molecule has 1 N–H and O–H groups in total. The largest absolute Gasteiger partial charge is 0.481 e. The second-order valence-corrected chi connectivity index (χ2v) is 4.59. The number of hydrogen-bond donors (Lipinski definition) is 1. The Balaban J connectivity index is 2.17. The van der Waals surface area contributed by atoms with Crippen molar-refractivity contribution in [1.82, 2.24) is 14.4 Å². The molecule has 0 aliphatic carbocycles. The van der Waals surface area contributed by atoms with Crippen molar-refractivity contribution in [1.29, 1.82) is 0 Å². The molecule has 0 unspecified atom stereocenters. The van der Waals surface area contributed by atoms with Crippen molar-refractivity contribution in [3.8, 4) is 11.1 Å². The molecule has 3 rings (SSSR count). The molecule has 3 aromatic rings. The van der Waals surface area contributed by atoms with Crippen LogP contribution in [-0.4, -0.2) is 25.4 Å². The first-order valence-corrected chi connectivity index (χ1v) is 6.26. The van der Waals surface area contributed by atoms with E-state index in [0.29, 0.717) is 17.2 Å². The topological polar surface area (TPSA) is 67.5 Å². The third-order valence-electron chi connectivity index (χ3n) is 3.20. The molecule has 0 atom stereocenters. The standard InChI is InChI=1S/C15H13N3O2/c1-10-13(7-14(19)20)18-9-12(8-16-15(18)17-10)11-5-3-2-4-6-11/h2-6,8-9H,7H2,1H3,(H,19,20). The Morgan fingerprint density at radius 3 is 2.70 bits per heavy atom. The molecule has 0 amide bonds. The van der Waals surface area contributed by atoms with Crippen molar-refractivity contribution in [2.45, 2.75) is 13.3 Å². The van der Waals surface area contributed by atoms with Crippen LogP contribution in [0.15, 0.2) is 42.7 Å². The van der Waals surface area contributed by atoms with Gasteiger partial charge < -0.3 is 5.11 Å². The van der Waals surface area contributed by atoms with Crippen LogP contribution in [-0.2, 0) is 11.2 Å². The fourth-order valence-corrected chi connectivity index (χ4v) is 2.23. The molecule has 2 heterocycles. The predicted molar refractivity (Wildman–Crippen MR) is 74.5 cm³/mol. The van der Waals surface area contributed by atoms with Gasteiger partial charge in [-0.05, 0) is 12.5 Å². The van der Waals surface area contributed by atoms with Crippen molar-refractivity contribution in [2.24, 2.45) is 0 Å². The van der Waals surface area contributed by atoms with Crippen LogP contribution >= 0.6 is 0 Å². The van der Waals surface area contributed by atoms with Gasteiger partial charge in [-0.2, -0.15) is 0 Å². The molecular formula is C15H13N3O2. The molecule has 5 nitrogen and oxygen atoms in total. The van der Waals surface area contributed by atoms with E-state index in [-0.39, 0.29) is 6.42 Å². The number of rotatable bonds is 3. The number of benzene rings is 1. The maximum absolute atomic E-state index is 11.0. The number of aliphatic carboxylic acids is 1. The number of imidazole rings is 1. The Hall–Kier alpha value is -2.69. The second kappa shape index (κ2) is 4.77. The summed E-state index contributed by atoms with van der Waals surface area (Å²) in [6.07, 6.45) is 3.57. The minimum atomic E-state index is -0.875. The summed E-state index contributed by atoms with van der Waals surface area (Å²) in [4.78, 5) is 19.6. The van der Waals surface area contributed by atoms with Crippen molar-refractivity contribution in [3.63, 3.8) is 0 Å². The summed E-state index contributed by atoms with van der Waals surface area (Å²) in [6.45, 7) is 1.80. The van der Waals surface area contributed by atoms with Crippen molar-refractivity contribution < 1.29 is 9.90 Å². The van der Waals surface area contributed by atoms with Crippen molar-refractivity contribution in [2.75, 3.05) is 0 Å². The molecule has 0 aliphatic heterocycles. The molecule has 0 fully saturated rings. The van der Waals surface area contributed by atoms with E-state index in [2.05, 4.69) is 9.97 Å². The van der Waals surface area contributed by atoms with Crippen LogP contribution in [0.25, 0.3) is 16.9 Å². The van der Waals surface area contributed by atoms with Gasteiger partial charge in [-0.25, -0.2) is 9.97 Å². The number of carbonyl (C=O) groups is 1. The van der Waals surface area contributed by atoms with Crippen LogP contribution in [0, 0.1) is 6.92 Å². The van der Waals surface area contributed by atoms with E-state index in [0.717, 1.165) is 11.1 Å². The quantitative estimate of drug-likeness (QED) is 0.790. The van der Waals surface area contributed by atoms with E-state index in [9.17, 15) is 4.79 Å². The molecule has 0 spiro atoms. The fourth-order valence-electron chi connectivity index (χ4n) is 2.23. The number of aromatic nitrogens is 3. The smallest absolute Gasteiger partial charge is 0.309 e. The van der Waals surface area contributed by atoms with E-state index in [1.165, 1.54) is 0 Å². The van der Waals surface area contributed by atoms with Gasteiger partial charge in [-0.3, -0.25) is 9.20 Å². The summed E-state index contributed by atoms with van der Waals surface area (Å²) < 4.78 is 1.76. The molecule has 20 heavy (non-hydrogen) atoms. The van der Waals surface area contributed by atoms with Gasteiger partial charge >= 0.3 is 5.97 Å². The Morgan fingerprint density at radius 2 is 2.00 bits per heavy atom. The van der Waals surface area contributed by atoms with Crippen LogP contribution in [0.5, 0.6) is 0 Å². The third-order valence-corrected chi connectivity index (χ3v) is 3.20. The van der Waals surface area contributed by atoms with E-state index < -0.39 is 5.97 Å². The van der Waals surface area contributed by atoms with Crippen LogP contribution in [0.4, 0.5) is 0 Å². The van der Waals surface area contributed by atoms with Crippen LogP contribution in [0.1, 0.15) is 11.4 Å². The lowest BCUT2D eigenvalue weighted by molar-refractivity contribution is -0.136. The molecule has 1 aromatic carbocycles. The first kappa shape index (κ1) is 12.3. The van der Waals surface area contributed by atoms with Crippen LogP contribution in [0.2, 0.25) is 0 Å². The molecule has 100 valence electrons. The summed E-state index contributed by atoms with van der Waals surface area (Å²) in [5.41, 5.74) is 3.33. The maximum atomic E-state index is 11.0. The zero-order valence-corrected chi connectivity index (χ0v) is 10.9. The van der Waals surface area contributed by atoms with Gasteiger partial charge in [0.1, 0.15) is 0 Å². The molecule has 0 bridgehead atoms. The van der Waals surface area contributed by atoms with E-state index in [1.807, 2.05) is 36.5 Å². The summed E-state index contributed by atoms with van der Waals surface area (Å²) in [5.74, 6) is -0.349. The lowest BCUT2D eigenvalue weighted by Crippen LogP contribution is -2.05. The Morgan fingerprint density at radius 1 is 1.25 bits per heavy atom. The van der Waals surface area contributed by atoms with Gasteiger partial charge in [0.25, 0.3) is 0 Å². The molecular weight excluding hydrogens is 254 g/mol. The normalized spacial score (nSPS) is 10.8. The summed E-state index contributed by atoms with van der Waals surface area (Å²) in [5, 5.41) is 8.99. The highest BCUT2D eigenvalue weighted by Gasteiger charge is 2.13. The van der Waals surface area contributed by atoms with Gasteiger partial charge in [-0.1, -0.05) is 30.3 Å². The predicted octanol–water partition coefficient (Wildman–Crippen LogP) is 2.33. The first-order chi connectivity index (χ1) is 9.65. The first-order valence-electron chi connectivity index (χ1n) is 6.26. The number of nitrogens with zero attached hydrogens (tertiary/aromatic N) is 3. The molecule has 2 aromatic heterocycles. The highest BCUT2D eigenvalue weighted by molar-refractivity contribution is 5.71. The lowest BCUT2D eigenvalue weighted by atomic mass is 10.1. The highest BCUT2D eigenvalue weighted by atomic mass is 16.4. The van der Waals surface area contributed by atoms with Crippen molar-refractivity contribution in [3.05, 3.63) is 54.1 Å². The number of aryl methyl sites for hydroxylation is 1. The number of hydrogen-bond acceptors (Lipinski definition) is 3. The van der Waals surface area contributed by atoms with Crippen LogP contribution < -0.4 is 0 Å². The van der Waals surface area contributed by atoms with Gasteiger partial charge in [-0.15, -0.1) is 0 Å². The number of carboxylic acids is 1. The zero-order valence-electron chi connectivity index (χ0n) is 10.9. The maximum Gasteiger partial charge on any atom is 0.309 e. The molecule has 0 saturated heterocycles. The number of carboxylic acid groups (broad SMARTS) is 1. The third kappa shape index (κ3) is 2.14. The molecule has 0 aliphatic rings. The monoisotopic (exact) mass is 267 g/mol. The Labute approximate surface area is 115 Å². The minimum absolute atomic E-state index is 0.0626. The minimum Gasteiger partial charge on any atom is -0.481 e. The Bertz CT molecular complexity index is 778. The summed E-state index contributed by atoms with van der Waals surface area (Å²) >= 11 is 0. The van der Waals surface area contributed by atoms with Gasteiger partial charge in [0.05, 0.1) is 17.8 Å². The Kier molecular flexibility index (Phi) is 2.95. The second-order valence-electron chi connectivity index (χ2n) is 4.59. The molecule has 0 radical (unpaired) electrons.